The van der Waals surface area contributed by atoms with Gasteiger partial charge in [-0.15, -0.1) is 0 Å². The highest BCUT2D eigenvalue weighted by atomic mass is 32.2. The highest BCUT2D eigenvalue weighted by Crippen LogP contribution is 2.07. The van der Waals surface area contributed by atoms with E-state index in [1.165, 1.54) is 6.26 Å². The fraction of sp³-hybridized carbons (Fsp3) is 0.200. The van der Waals surface area contributed by atoms with Crippen LogP contribution in [0.25, 0.3) is 0 Å². The third-order valence-electron chi connectivity index (χ3n) is 1.12. The molecular formula is C5H6N2O3S. The highest BCUT2D eigenvalue weighted by Gasteiger charge is 2.14. The number of nitrogens with zero attached hydrogens (tertiary/aromatic N) is 1. The molecule has 0 aliphatic rings. The topological polar surface area (TPSA) is 83.0 Å². The summed E-state index contributed by atoms with van der Waals surface area (Å²) in [4.78, 5) is 10.4. The van der Waals surface area contributed by atoms with E-state index in [0.717, 1.165) is 6.20 Å². The minimum absolute atomic E-state index is 0.0363. The number of aromatic nitrogens is 2. The molecule has 0 spiro atoms. The van der Waals surface area contributed by atoms with Crippen LogP contribution in [0.3, 0.4) is 0 Å². The van der Waals surface area contributed by atoms with Crippen LogP contribution in [0.5, 0.6) is 0 Å². The molecule has 0 radical (unpaired) electrons. The molecule has 0 aliphatic carbocycles. The lowest BCUT2D eigenvalue weighted by Gasteiger charge is -1.91. The average molecular weight is 174 g/mol. The van der Waals surface area contributed by atoms with Crippen molar-refractivity contribution in [2.75, 3.05) is 6.26 Å². The van der Waals surface area contributed by atoms with E-state index < -0.39 is 16.8 Å². The Bertz CT molecular complexity index is 278. The molecule has 0 aliphatic heterocycles. The van der Waals surface area contributed by atoms with Gasteiger partial charge in [0.2, 0.25) is 0 Å². The molecular weight excluding hydrogens is 168 g/mol. The maximum absolute atomic E-state index is 10.8. The van der Waals surface area contributed by atoms with E-state index in [1.807, 2.05) is 0 Å². The molecule has 1 rings (SSSR count). The molecule has 0 bridgehead atoms. The van der Waals surface area contributed by atoms with Crippen LogP contribution in [0.1, 0.15) is 10.4 Å². The van der Waals surface area contributed by atoms with Crippen molar-refractivity contribution in [1.29, 1.82) is 0 Å². The van der Waals surface area contributed by atoms with Crippen molar-refractivity contribution in [3.63, 3.8) is 0 Å². The summed E-state index contributed by atoms with van der Waals surface area (Å²) in [6.45, 7) is 0. The highest BCUT2D eigenvalue weighted by molar-refractivity contribution is 7.84. The molecule has 6 heteroatoms. The molecule has 0 saturated carbocycles. The zero-order valence-electron chi connectivity index (χ0n) is 5.70. The largest absolute Gasteiger partial charge is 0.478 e. The van der Waals surface area contributed by atoms with E-state index in [0.29, 0.717) is 0 Å². The molecule has 1 aromatic heterocycles. The smallest absolute Gasteiger partial charge is 0.340 e. The van der Waals surface area contributed by atoms with Crippen molar-refractivity contribution in [3.8, 4) is 0 Å². The van der Waals surface area contributed by atoms with Crippen LogP contribution in [0.2, 0.25) is 0 Å². The monoisotopic (exact) mass is 174 g/mol. The molecule has 1 heterocycles. The van der Waals surface area contributed by atoms with Gasteiger partial charge in [-0.25, -0.2) is 4.79 Å². The second-order valence-corrected chi connectivity index (χ2v) is 3.19. The van der Waals surface area contributed by atoms with Crippen LogP contribution < -0.4 is 0 Å². The number of nitrogens with one attached hydrogen (secondary N) is 1. The Hall–Kier alpha value is -1.17. The van der Waals surface area contributed by atoms with Gasteiger partial charge in [0.25, 0.3) is 0 Å². The van der Waals surface area contributed by atoms with Crippen molar-refractivity contribution < 1.29 is 14.1 Å². The zero-order valence-corrected chi connectivity index (χ0v) is 6.51. The second-order valence-electron chi connectivity index (χ2n) is 1.87. The van der Waals surface area contributed by atoms with Crippen molar-refractivity contribution in [2.24, 2.45) is 0 Å². The van der Waals surface area contributed by atoms with Gasteiger partial charge in [-0.2, -0.15) is 5.10 Å². The van der Waals surface area contributed by atoms with Gasteiger partial charge < -0.3 is 5.11 Å². The van der Waals surface area contributed by atoms with Crippen molar-refractivity contribution >= 4 is 16.8 Å². The lowest BCUT2D eigenvalue weighted by atomic mass is 10.4. The van der Waals surface area contributed by atoms with Gasteiger partial charge in [0.05, 0.1) is 17.0 Å². The summed E-state index contributed by atoms with van der Waals surface area (Å²) in [6, 6.07) is 0. The predicted molar refractivity (Wildman–Crippen MR) is 37.9 cm³/mol. The molecule has 0 saturated heterocycles. The Morgan fingerprint density at radius 1 is 1.82 bits per heavy atom. The van der Waals surface area contributed by atoms with Gasteiger partial charge in [0.1, 0.15) is 10.6 Å². The fourth-order valence-corrected chi connectivity index (χ4v) is 1.28. The minimum atomic E-state index is -1.33. The number of carbonyl (C=O) groups is 1. The Labute approximate surface area is 64.9 Å². The van der Waals surface area contributed by atoms with E-state index in [2.05, 4.69) is 10.2 Å². The van der Waals surface area contributed by atoms with Gasteiger partial charge in [-0.3, -0.25) is 9.31 Å². The summed E-state index contributed by atoms with van der Waals surface area (Å²) in [5, 5.41) is 14.5. The summed E-state index contributed by atoms with van der Waals surface area (Å²) in [5.41, 5.74) is -0.0363. The number of carboxylic acid groups (broad SMARTS) is 1. The predicted octanol–water partition coefficient (Wildman–Crippen LogP) is -0.155. The van der Waals surface area contributed by atoms with Crippen LogP contribution in [0.4, 0.5) is 0 Å². The van der Waals surface area contributed by atoms with Crippen LogP contribution in [0.15, 0.2) is 11.2 Å². The number of rotatable bonds is 2. The summed E-state index contributed by atoms with van der Waals surface area (Å²) in [6.07, 6.45) is 2.53. The molecule has 1 atom stereocenters. The van der Waals surface area contributed by atoms with Gasteiger partial charge in [0, 0.05) is 6.26 Å². The molecule has 11 heavy (non-hydrogen) atoms. The van der Waals surface area contributed by atoms with E-state index in [9.17, 15) is 9.00 Å². The van der Waals surface area contributed by atoms with Crippen molar-refractivity contribution in [2.45, 2.75) is 5.03 Å². The van der Waals surface area contributed by atoms with Crippen LogP contribution in [-0.4, -0.2) is 31.7 Å². The van der Waals surface area contributed by atoms with E-state index >= 15 is 0 Å². The second kappa shape index (κ2) is 2.83. The van der Waals surface area contributed by atoms with Crippen LogP contribution in [-0.2, 0) is 10.8 Å². The molecule has 1 unspecified atom stereocenters. The van der Waals surface area contributed by atoms with Crippen molar-refractivity contribution in [1.82, 2.24) is 10.2 Å². The normalized spacial score (nSPS) is 12.8. The average Bonchev–Trinajstić information content (AvgIpc) is 2.32. The van der Waals surface area contributed by atoms with Crippen LogP contribution >= 0.6 is 0 Å². The number of aromatic amines is 1. The Balaban J connectivity index is 3.16. The number of carboxylic acids is 1. The third-order valence-corrected chi connectivity index (χ3v) is 2.01. The lowest BCUT2D eigenvalue weighted by molar-refractivity contribution is 0.0693. The molecule has 0 amide bonds. The molecule has 5 nitrogen and oxygen atoms in total. The Morgan fingerprint density at radius 3 is 2.82 bits per heavy atom. The van der Waals surface area contributed by atoms with E-state index in [4.69, 9.17) is 5.11 Å². The van der Waals surface area contributed by atoms with Gasteiger partial charge in [0.15, 0.2) is 0 Å². The van der Waals surface area contributed by atoms with Gasteiger partial charge in [-0.05, 0) is 0 Å². The minimum Gasteiger partial charge on any atom is -0.478 e. The maximum Gasteiger partial charge on any atom is 0.340 e. The number of hydrogen-bond donors (Lipinski definition) is 2. The molecule has 0 fully saturated rings. The first-order chi connectivity index (χ1) is 5.13. The zero-order chi connectivity index (χ0) is 8.43. The van der Waals surface area contributed by atoms with Crippen LogP contribution in [0, 0.1) is 0 Å². The first kappa shape index (κ1) is 7.93. The summed E-state index contributed by atoms with van der Waals surface area (Å²) < 4.78 is 10.8. The summed E-state index contributed by atoms with van der Waals surface area (Å²) in [7, 11) is -1.33. The summed E-state index contributed by atoms with van der Waals surface area (Å²) >= 11 is 0. The van der Waals surface area contributed by atoms with E-state index in [-0.39, 0.29) is 10.6 Å². The number of aromatic carboxylic acids is 1. The summed E-state index contributed by atoms with van der Waals surface area (Å²) in [5.74, 6) is -1.12. The van der Waals surface area contributed by atoms with Gasteiger partial charge in [-0.1, -0.05) is 0 Å². The molecule has 2 N–H and O–H groups in total. The quantitative estimate of drug-likeness (QED) is 0.652. The number of hydrogen-bond acceptors (Lipinski definition) is 3. The third kappa shape index (κ3) is 1.45. The Morgan fingerprint density at radius 2 is 2.45 bits per heavy atom. The van der Waals surface area contributed by atoms with E-state index in [1.54, 1.807) is 0 Å². The Kier molecular flexibility index (Phi) is 2.04. The van der Waals surface area contributed by atoms with Gasteiger partial charge >= 0.3 is 5.97 Å². The molecule has 60 valence electrons. The number of H-pyrrole nitrogens is 1. The molecule has 1 aromatic rings. The molecule has 0 aromatic carbocycles. The van der Waals surface area contributed by atoms with Crippen molar-refractivity contribution in [3.05, 3.63) is 11.8 Å². The standard InChI is InChI=1S/C5H6N2O3S/c1-11(10)4-3(5(8)9)2-6-7-4/h2H,1H3,(H,6,7)(H,8,9). The fourth-order valence-electron chi connectivity index (χ4n) is 0.646. The first-order valence-electron chi connectivity index (χ1n) is 2.73. The first-order valence-corrected chi connectivity index (χ1v) is 4.29. The lowest BCUT2D eigenvalue weighted by Crippen LogP contribution is -2.00. The maximum atomic E-state index is 10.8. The SMILES string of the molecule is CS(=O)c1[nH]ncc1C(=O)O.